The van der Waals surface area contributed by atoms with E-state index in [-0.39, 0.29) is 22.7 Å². The van der Waals surface area contributed by atoms with Crippen LogP contribution in [0.4, 0.5) is 5.69 Å². The Bertz CT molecular complexity index is 1080. The van der Waals surface area contributed by atoms with Gasteiger partial charge < -0.3 is 10.2 Å². The lowest BCUT2D eigenvalue weighted by Crippen LogP contribution is -2.38. The van der Waals surface area contributed by atoms with Crippen molar-refractivity contribution in [3.8, 4) is 0 Å². The van der Waals surface area contributed by atoms with Gasteiger partial charge >= 0.3 is 0 Å². The third-order valence-electron chi connectivity index (χ3n) is 5.44. The van der Waals surface area contributed by atoms with Crippen LogP contribution in [0.25, 0.3) is 0 Å². The molecule has 1 N–H and O–H groups in total. The number of piperidine rings is 1. The number of rotatable bonds is 6. The molecule has 1 saturated heterocycles. The van der Waals surface area contributed by atoms with E-state index in [2.05, 4.69) is 12.2 Å². The molecule has 1 aliphatic rings. The number of nitrogens with zero attached hydrogens (tertiary/aromatic N) is 2. The predicted molar refractivity (Wildman–Crippen MR) is 126 cm³/mol. The highest BCUT2D eigenvalue weighted by atomic mass is 35.5. The number of hydrogen-bond donors (Lipinski definition) is 1. The number of benzene rings is 2. The Kier molecular flexibility index (Phi) is 7.82. The molecule has 0 saturated carbocycles. The predicted octanol–water partition coefficient (Wildman–Crippen LogP) is 4.12. The molecule has 172 valence electrons. The highest BCUT2D eigenvalue weighted by molar-refractivity contribution is 7.89. The Labute approximate surface area is 198 Å². The second-order valence-electron chi connectivity index (χ2n) is 7.92. The Morgan fingerprint density at radius 2 is 1.62 bits per heavy atom. The molecule has 2 amide bonds. The van der Waals surface area contributed by atoms with Gasteiger partial charge in [0.2, 0.25) is 15.9 Å². The molecular formula is C22H25Cl2N3O4S. The molecular weight excluding hydrogens is 473 g/mol. The fourth-order valence-electron chi connectivity index (χ4n) is 3.45. The van der Waals surface area contributed by atoms with Gasteiger partial charge in [-0.25, -0.2) is 8.42 Å². The van der Waals surface area contributed by atoms with Gasteiger partial charge in [0, 0.05) is 25.7 Å². The lowest BCUT2D eigenvalue weighted by molar-refractivity contribution is -0.116. The van der Waals surface area contributed by atoms with Crippen molar-refractivity contribution in [1.29, 1.82) is 0 Å². The molecule has 3 rings (SSSR count). The van der Waals surface area contributed by atoms with E-state index >= 15 is 0 Å². The summed E-state index contributed by atoms with van der Waals surface area (Å²) in [5.41, 5.74) is 0.561. The van der Waals surface area contributed by atoms with E-state index in [0.29, 0.717) is 29.1 Å². The second kappa shape index (κ2) is 10.2. The number of hydrogen-bond acceptors (Lipinski definition) is 4. The maximum atomic E-state index is 12.8. The monoisotopic (exact) mass is 497 g/mol. The molecule has 0 aliphatic carbocycles. The number of nitrogens with one attached hydrogen (secondary N) is 1. The van der Waals surface area contributed by atoms with Crippen LogP contribution in [0.1, 0.15) is 30.1 Å². The topological polar surface area (TPSA) is 86.8 Å². The van der Waals surface area contributed by atoms with Crippen molar-refractivity contribution in [2.24, 2.45) is 5.92 Å². The molecule has 2 aromatic carbocycles. The van der Waals surface area contributed by atoms with Crippen LogP contribution in [0, 0.1) is 5.92 Å². The molecule has 1 fully saturated rings. The molecule has 10 heteroatoms. The zero-order chi connectivity index (χ0) is 23.5. The van der Waals surface area contributed by atoms with E-state index in [1.54, 1.807) is 18.2 Å². The summed E-state index contributed by atoms with van der Waals surface area (Å²) < 4.78 is 27.2. The average molecular weight is 498 g/mol. The van der Waals surface area contributed by atoms with E-state index in [1.165, 1.54) is 40.5 Å². The number of likely N-dealkylation sites (N-methyl/N-ethyl adjacent to an activating group) is 1. The summed E-state index contributed by atoms with van der Waals surface area (Å²) in [6.45, 7) is 2.88. The van der Waals surface area contributed by atoms with Crippen LogP contribution in [0.5, 0.6) is 0 Å². The van der Waals surface area contributed by atoms with E-state index in [9.17, 15) is 18.0 Å². The average Bonchev–Trinajstić information content (AvgIpc) is 2.76. The highest BCUT2D eigenvalue weighted by Gasteiger charge is 2.28. The Balaban J connectivity index is 1.64. The van der Waals surface area contributed by atoms with Gasteiger partial charge in [-0.05, 0) is 55.2 Å². The minimum Gasteiger partial charge on any atom is -0.332 e. The van der Waals surface area contributed by atoms with Gasteiger partial charge in [-0.2, -0.15) is 4.31 Å². The minimum atomic E-state index is -3.59. The van der Waals surface area contributed by atoms with Crippen molar-refractivity contribution >= 4 is 50.7 Å². The van der Waals surface area contributed by atoms with Gasteiger partial charge in [-0.1, -0.05) is 36.2 Å². The van der Waals surface area contributed by atoms with Crippen molar-refractivity contribution in [2.45, 2.75) is 24.7 Å². The first-order chi connectivity index (χ1) is 15.1. The standard InChI is InChI=1S/C22H25Cl2N3O4S/c1-15-10-12-27(13-11-15)32(30,31)17-8-6-16(7-9-17)22(29)26(2)14-20(28)25-21-18(23)4-3-5-19(21)24/h3-9,15H,10-14H2,1-2H3,(H,25,28). The van der Waals surface area contributed by atoms with Gasteiger partial charge in [0.1, 0.15) is 0 Å². The summed E-state index contributed by atoms with van der Waals surface area (Å²) in [7, 11) is -2.11. The van der Waals surface area contributed by atoms with Crippen molar-refractivity contribution < 1.29 is 18.0 Å². The largest absolute Gasteiger partial charge is 0.332 e. The fraction of sp³-hybridized carbons (Fsp3) is 0.364. The van der Waals surface area contributed by atoms with Crippen LogP contribution < -0.4 is 5.32 Å². The van der Waals surface area contributed by atoms with Crippen LogP contribution in [0.2, 0.25) is 10.0 Å². The Hall–Kier alpha value is -2.13. The van der Waals surface area contributed by atoms with Crippen LogP contribution in [-0.2, 0) is 14.8 Å². The SMILES string of the molecule is CC1CCN(S(=O)(=O)c2ccc(C(=O)N(C)CC(=O)Nc3c(Cl)cccc3Cl)cc2)CC1. The molecule has 0 unspecified atom stereocenters. The van der Waals surface area contributed by atoms with Crippen molar-refractivity contribution in [3.63, 3.8) is 0 Å². The molecule has 0 aromatic heterocycles. The van der Waals surface area contributed by atoms with E-state index in [1.807, 2.05) is 0 Å². The van der Waals surface area contributed by atoms with E-state index < -0.39 is 21.8 Å². The zero-order valence-corrected chi connectivity index (χ0v) is 20.2. The number of sulfonamides is 1. The summed E-state index contributed by atoms with van der Waals surface area (Å²) in [5.74, 6) is -0.362. The first-order valence-corrected chi connectivity index (χ1v) is 12.4. The van der Waals surface area contributed by atoms with Crippen molar-refractivity contribution in [3.05, 3.63) is 58.1 Å². The van der Waals surface area contributed by atoms with Gasteiger partial charge in [0.15, 0.2) is 0 Å². The molecule has 1 aliphatic heterocycles. The van der Waals surface area contributed by atoms with Crippen molar-refractivity contribution in [1.82, 2.24) is 9.21 Å². The molecule has 0 bridgehead atoms. The molecule has 32 heavy (non-hydrogen) atoms. The first-order valence-electron chi connectivity index (χ1n) is 10.2. The van der Waals surface area contributed by atoms with E-state index in [0.717, 1.165) is 12.8 Å². The zero-order valence-electron chi connectivity index (χ0n) is 17.8. The lowest BCUT2D eigenvalue weighted by atomic mass is 10.0. The first kappa shape index (κ1) is 24.5. The van der Waals surface area contributed by atoms with Crippen LogP contribution >= 0.6 is 23.2 Å². The van der Waals surface area contributed by atoms with Gasteiger partial charge in [-0.3, -0.25) is 9.59 Å². The van der Waals surface area contributed by atoms with E-state index in [4.69, 9.17) is 23.2 Å². The number of carbonyl (C=O) groups is 2. The second-order valence-corrected chi connectivity index (χ2v) is 10.7. The Morgan fingerprint density at radius 1 is 1.06 bits per heavy atom. The van der Waals surface area contributed by atoms with Crippen LogP contribution in [-0.4, -0.2) is 56.1 Å². The smallest absolute Gasteiger partial charge is 0.254 e. The molecule has 7 nitrogen and oxygen atoms in total. The molecule has 0 spiro atoms. The number of carbonyl (C=O) groups excluding carboxylic acids is 2. The van der Waals surface area contributed by atoms with Gasteiger partial charge in [0.05, 0.1) is 27.2 Å². The summed E-state index contributed by atoms with van der Waals surface area (Å²) in [6, 6.07) is 10.6. The van der Waals surface area contributed by atoms with Crippen LogP contribution in [0.15, 0.2) is 47.4 Å². The summed E-state index contributed by atoms with van der Waals surface area (Å²) in [4.78, 5) is 26.4. The normalized spacial score (nSPS) is 15.4. The maximum absolute atomic E-state index is 12.8. The maximum Gasteiger partial charge on any atom is 0.254 e. The number of halogens is 2. The molecule has 0 atom stereocenters. The van der Waals surface area contributed by atoms with Gasteiger partial charge in [0.25, 0.3) is 5.91 Å². The minimum absolute atomic E-state index is 0.150. The highest BCUT2D eigenvalue weighted by Crippen LogP contribution is 2.29. The Morgan fingerprint density at radius 3 is 2.19 bits per heavy atom. The third-order valence-corrected chi connectivity index (χ3v) is 7.98. The summed E-state index contributed by atoms with van der Waals surface area (Å²) >= 11 is 12.1. The quantitative estimate of drug-likeness (QED) is 0.649. The van der Waals surface area contributed by atoms with Crippen molar-refractivity contribution in [2.75, 3.05) is 32.0 Å². The van der Waals surface area contributed by atoms with Gasteiger partial charge in [-0.15, -0.1) is 0 Å². The molecule has 0 radical (unpaired) electrons. The molecule has 2 aromatic rings. The summed E-state index contributed by atoms with van der Waals surface area (Å²) in [6.07, 6.45) is 1.67. The molecule has 1 heterocycles. The number of anilines is 1. The fourth-order valence-corrected chi connectivity index (χ4v) is 5.41. The number of amides is 2. The lowest BCUT2D eigenvalue weighted by Gasteiger charge is -2.29. The number of para-hydroxylation sites is 1. The van der Waals surface area contributed by atoms with Crippen LogP contribution in [0.3, 0.4) is 0 Å². The summed E-state index contributed by atoms with van der Waals surface area (Å²) in [5, 5.41) is 3.19. The third kappa shape index (κ3) is 5.61.